The lowest BCUT2D eigenvalue weighted by atomic mass is 9.71. The molecule has 1 heterocycles. The Balaban J connectivity index is 1.98. The van der Waals surface area contributed by atoms with Gasteiger partial charge in [-0.2, -0.15) is 0 Å². The molecule has 0 radical (unpaired) electrons. The van der Waals surface area contributed by atoms with E-state index in [0.29, 0.717) is 22.9 Å². The minimum absolute atomic E-state index is 0.282. The van der Waals surface area contributed by atoms with Gasteiger partial charge in [-0.3, -0.25) is 0 Å². The molecule has 0 saturated heterocycles. The number of halogens is 2. The summed E-state index contributed by atoms with van der Waals surface area (Å²) in [6, 6.07) is 27.6. The van der Waals surface area contributed by atoms with Crippen molar-refractivity contribution in [1.82, 2.24) is 9.88 Å². The van der Waals surface area contributed by atoms with Gasteiger partial charge in [0.25, 0.3) is 0 Å². The Labute approximate surface area is 226 Å². The Kier molecular flexibility index (Phi) is 8.47. The summed E-state index contributed by atoms with van der Waals surface area (Å²) >= 11 is 9.76. The number of methoxy groups -OCH3 is 1. The van der Waals surface area contributed by atoms with Gasteiger partial charge in [0.2, 0.25) is 5.88 Å². The number of rotatable bonds is 9. The molecule has 186 valence electrons. The minimum Gasteiger partial charge on any atom is -0.481 e. The van der Waals surface area contributed by atoms with Gasteiger partial charge in [0.1, 0.15) is 5.60 Å². The van der Waals surface area contributed by atoms with Crippen LogP contribution >= 0.6 is 27.5 Å². The molecule has 0 aliphatic heterocycles. The topological polar surface area (TPSA) is 45.6 Å². The third-order valence-electron chi connectivity index (χ3n) is 6.47. The van der Waals surface area contributed by atoms with Gasteiger partial charge >= 0.3 is 0 Å². The van der Waals surface area contributed by atoms with Crippen molar-refractivity contribution in [2.24, 2.45) is 0 Å². The van der Waals surface area contributed by atoms with E-state index in [1.165, 1.54) is 0 Å². The number of pyridine rings is 1. The highest BCUT2D eigenvalue weighted by Crippen LogP contribution is 2.48. The van der Waals surface area contributed by atoms with Gasteiger partial charge in [0.15, 0.2) is 0 Å². The molecule has 1 aromatic heterocycles. The summed E-state index contributed by atoms with van der Waals surface area (Å²) in [5.41, 5.74) is 2.83. The van der Waals surface area contributed by atoms with Gasteiger partial charge in [0.05, 0.1) is 12.7 Å². The van der Waals surface area contributed by atoms with Crippen molar-refractivity contribution >= 4 is 27.5 Å². The molecule has 0 amide bonds. The van der Waals surface area contributed by atoms with Crippen LogP contribution in [0.5, 0.6) is 5.88 Å². The average Bonchev–Trinajstić information content (AvgIpc) is 2.89. The maximum atomic E-state index is 12.9. The van der Waals surface area contributed by atoms with Crippen molar-refractivity contribution in [2.45, 2.75) is 17.9 Å². The fourth-order valence-corrected chi connectivity index (χ4v) is 5.20. The molecule has 6 heteroatoms. The van der Waals surface area contributed by atoms with Gasteiger partial charge in [0, 0.05) is 27.2 Å². The summed E-state index contributed by atoms with van der Waals surface area (Å²) in [5, 5.41) is 13.6. The normalized spacial score (nSPS) is 13.9. The molecular formula is C30H30BrClN2O2. The SMILES string of the molecule is COc1ncc(-c2ccc(Cl)cc2)cc1C(O)(c1ccccc1)C(CCN(C)C)c1cccc(Br)c1. The summed E-state index contributed by atoms with van der Waals surface area (Å²) < 4.78 is 6.71. The van der Waals surface area contributed by atoms with E-state index in [1.807, 2.05) is 86.9 Å². The first kappa shape index (κ1) is 26.4. The van der Waals surface area contributed by atoms with E-state index in [9.17, 15) is 5.11 Å². The largest absolute Gasteiger partial charge is 0.481 e. The first-order valence-corrected chi connectivity index (χ1v) is 13.0. The fraction of sp³-hybridized carbons (Fsp3) is 0.233. The molecule has 0 spiro atoms. The third-order valence-corrected chi connectivity index (χ3v) is 7.21. The van der Waals surface area contributed by atoms with Crippen LogP contribution in [0.4, 0.5) is 0 Å². The number of benzene rings is 3. The van der Waals surface area contributed by atoms with Crippen molar-refractivity contribution in [1.29, 1.82) is 0 Å². The molecule has 0 saturated carbocycles. The van der Waals surface area contributed by atoms with Crippen molar-refractivity contribution in [2.75, 3.05) is 27.7 Å². The number of nitrogens with zero attached hydrogens (tertiary/aromatic N) is 2. The number of aromatic nitrogens is 1. The van der Waals surface area contributed by atoms with Crippen LogP contribution in [0.1, 0.15) is 29.0 Å². The van der Waals surface area contributed by atoms with Crippen molar-refractivity contribution in [3.05, 3.63) is 117 Å². The Bertz CT molecular complexity index is 1300. The van der Waals surface area contributed by atoms with Crippen molar-refractivity contribution in [3.63, 3.8) is 0 Å². The van der Waals surface area contributed by atoms with Crippen LogP contribution in [0.25, 0.3) is 11.1 Å². The highest BCUT2D eigenvalue weighted by atomic mass is 79.9. The van der Waals surface area contributed by atoms with E-state index in [2.05, 4.69) is 37.9 Å². The molecule has 0 fully saturated rings. The van der Waals surface area contributed by atoms with Gasteiger partial charge in [-0.1, -0.05) is 82.1 Å². The Morgan fingerprint density at radius 1 is 0.972 bits per heavy atom. The second kappa shape index (κ2) is 11.6. The van der Waals surface area contributed by atoms with E-state index < -0.39 is 5.60 Å². The maximum Gasteiger partial charge on any atom is 0.219 e. The van der Waals surface area contributed by atoms with Crippen LogP contribution < -0.4 is 4.74 Å². The highest BCUT2D eigenvalue weighted by Gasteiger charge is 2.43. The first-order valence-electron chi connectivity index (χ1n) is 11.8. The Hall–Kier alpha value is -2.70. The van der Waals surface area contributed by atoms with Crippen LogP contribution in [0.2, 0.25) is 5.02 Å². The zero-order valence-electron chi connectivity index (χ0n) is 20.7. The minimum atomic E-state index is -1.42. The number of hydrogen-bond donors (Lipinski definition) is 1. The van der Waals surface area contributed by atoms with Gasteiger partial charge in [-0.25, -0.2) is 4.98 Å². The molecule has 2 unspecified atom stereocenters. The molecule has 2 atom stereocenters. The Morgan fingerprint density at radius 2 is 1.69 bits per heavy atom. The molecule has 4 nitrogen and oxygen atoms in total. The summed E-state index contributed by atoms with van der Waals surface area (Å²) in [5.74, 6) is 0.111. The lowest BCUT2D eigenvalue weighted by Crippen LogP contribution is -2.37. The summed E-state index contributed by atoms with van der Waals surface area (Å²) in [6.45, 7) is 0.791. The fourth-order valence-electron chi connectivity index (χ4n) is 4.65. The van der Waals surface area contributed by atoms with E-state index in [1.54, 1.807) is 13.3 Å². The van der Waals surface area contributed by atoms with E-state index in [4.69, 9.17) is 16.3 Å². The van der Waals surface area contributed by atoms with Crippen molar-refractivity contribution < 1.29 is 9.84 Å². The quantitative estimate of drug-likeness (QED) is 0.234. The van der Waals surface area contributed by atoms with Gasteiger partial charge in [-0.05, 0) is 74.1 Å². The number of aliphatic hydroxyl groups is 1. The molecule has 3 aromatic carbocycles. The zero-order chi connectivity index (χ0) is 25.7. The Morgan fingerprint density at radius 3 is 2.33 bits per heavy atom. The standard InChI is InChI=1S/C30H30BrClN2O2/c1-34(2)17-16-27(22-8-7-11-25(31)18-22)30(35,24-9-5-4-6-10-24)28-19-23(20-33-29(28)36-3)21-12-14-26(32)15-13-21/h4-15,18-20,27,35H,16-17H2,1-3H3. The van der Waals surface area contributed by atoms with Crippen LogP contribution in [0.15, 0.2) is 95.6 Å². The molecule has 36 heavy (non-hydrogen) atoms. The summed E-state index contributed by atoms with van der Waals surface area (Å²) in [7, 11) is 5.68. The highest BCUT2D eigenvalue weighted by molar-refractivity contribution is 9.10. The van der Waals surface area contributed by atoms with Crippen LogP contribution in [-0.2, 0) is 5.60 Å². The molecule has 4 aromatic rings. The first-order chi connectivity index (χ1) is 17.3. The lowest BCUT2D eigenvalue weighted by Gasteiger charge is -2.39. The number of ether oxygens (including phenoxy) is 1. The molecule has 0 bridgehead atoms. The van der Waals surface area contributed by atoms with Crippen LogP contribution in [-0.4, -0.2) is 42.7 Å². The average molecular weight is 566 g/mol. The predicted octanol–water partition coefficient (Wildman–Crippen LogP) is 7.14. The molecule has 0 aliphatic carbocycles. The number of hydrogen-bond acceptors (Lipinski definition) is 4. The third kappa shape index (κ3) is 5.65. The summed E-state index contributed by atoms with van der Waals surface area (Å²) in [6.07, 6.45) is 2.48. The predicted molar refractivity (Wildman–Crippen MR) is 151 cm³/mol. The smallest absolute Gasteiger partial charge is 0.219 e. The monoisotopic (exact) mass is 564 g/mol. The maximum absolute atomic E-state index is 12.9. The van der Waals surface area contributed by atoms with Crippen LogP contribution in [0, 0.1) is 0 Å². The second-order valence-corrected chi connectivity index (χ2v) is 10.5. The van der Waals surface area contributed by atoms with E-state index in [-0.39, 0.29) is 5.92 Å². The molecule has 4 rings (SSSR count). The second-order valence-electron chi connectivity index (χ2n) is 9.12. The van der Waals surface area contributed by atoms with Crippen LogP contribution in [0.3, 0.4) is 0 Å². The summed E-state index contributed by atoms with van der Waals surface area (Å²) in [4.78, 5) is 6.78. The van der Waals surface area contributed by atoms with Gasteiger partial charge in [-0.15, -0.1) is 0 Å². The zero-order valence-corrected chi connectivity index (χ0v) is 23.0. The van der Waals surface area contributed by atoms with E-state index >= 15 is 0 Å². The molecular weight excluding hydrogens is 536 g/mol. The van der Waals surface area contributed by atoms with Gasteiger partial charge < -0.3 is 14.7 Å². The lowest BCUT2D eigenvalue weighted by molar-refractivity contribution is 0.0405. The van der Waals surface area contributed by atoms with E-state index in [0.717, 1.165) is 33.3 Å². The van der Waals surface area contributed by atoms with Crippen molar-refractivity contribution in [3.8, 4) is 17.0 Å². The molecule has 1 N–H and O–H groups in total. The molecule has 0 aliphatic rings.